The SMILES string of the molecule is NS(=O)(=O)c1sc(Br)cc1-n1cccc1. The first-order valence-electron chi connectivity index (χ1n) is 3.94. The minimum absolute atomic E-state index is 0.158. The number of hydrogen-bond donors (Lipinski definition) is 1. The number of nitrogens with zero attached hydrogens (tertiary/aromatic N) is 1. The Hall–Kier alpha value is -0.630. The van der Waals surface area contributed by atoms with E-state index in [4.69, 9.17) is 5.14 Å². The van der Waals surface area contributed by atoms with Crippen LogP contribution in [-0.2, 0) is 10.0 Å². The van der Waals surface area contributed by atoms with Crippen molar-refractivity contribution in [2.24, 2.45) is 5.14 Å². The van der Waals surface area contributed by atoms with E-state index in [1.807, 2.05) is 12.1 Å². The molecule has 0 aliphatic rings. The van der Waals surface area contributed by atoms with Gasteiger partial charge in [-0.3, -0.25) is 0 Å². The van der Waals surface area contributed by atoms with E-state index in [0.717, 1.165) is 15.1 Å². The number of sulfonamides is 1. The summed E-state index contributed by atoms with van der Waals surface area (Å²) < 4.78 is 25.2. The van der Waals surface area contributed by atoms with Gasteiger partial charge in [0.25, 0.3) is 0 Å². The number of nitrogens with two attached hydrogens (primary N) is 1. The molecule has 2 rings (SSSR count). The van der Waals surface area contributed by atoms with Gasteiger partial charge in [0.1, 0.15) is 0 Å². The molecule has 7 heteroatoms. The van der Waals surface area contributed by atoms with E-state index in [-0.39, 0.29) is 4.21 Å². The summed E-state index contributed by atoms with van der Waals surface area (Å²) in [6, 6.07) is 5.36. The summed E-state index contributed by atoms with van der Waals surface area (Å²) in [4.78, 5) is 0. The molecule has 0 fully saturated rings. The molecule has 0 spiro atoms. The molecular weight excluding hydrogens is 300 g/mol. The lowest BCUT2D eigenvalue weighted by Gasteiger charge is -2.01. The van der Waals surface area contributed by atoms with Gasteiger partial charge in [0.2, 0.25) is 10.0 Å². The van der Waals surface area contributed by atoms with Crippen molar-refractivity contribution in [3.8, 4) is 5.69 Å². The highest BCUT2D eigenvalue weighted by molar-refractivity contribution is 9.11. The lowest BCUT2D eigenvalue weighted by molar-refractivity contribution is 0.599. The van der Waals surface area contributed by atoms with E-state index in [9.17, 15) is 8.42 Å². The van der Waals surface area contributed by atoms with Crippen molar-refractivity contribution >= 4 is 37.3 Å². The van der Waals surface area contributed by atoms with Gasteiger partial charge in [0.15, 0.2) is 4.21 Å². The molecule has 15 heavy (non-hydrogen) atoms. The molecule has 2 heterocycles. The third-order valence-corrected chi connectivity index (χ3v) is 4.89. The number of aromatic nitrogens is 1. The van der Waals surface area contributed by atoms with Gasteiger partial charge in [-0.05, 0) is 34.1 Å². The minimum Gasteiger partial charge on any atom is -0.322 e. The van der Waals surface area contributed by atoms with E-state index >= 15 is 0 Å². The summed E-state index contributed by atoms with van der Waals surface area (Å²) in [5.41, 5.74) is 0.569. The Kier molecular flexibility index (Phi) is 2.72. The number of thiophene rings is 1. The van der Waals surface area contributed by atoms with Crippen molar-refractivity contribution in [3.63, 3.8) is 0 Å². The summed E-state index contributed by atoms with van der Waals surface area (Å²) in [5.74, 6) is 0. The van der Waals surface area contributed by atoms with E-state index < -0.39 is 10.0 Å². The number of hydrogen-bond acceptors (Lipinski definition) is 3. The van der Waals surface area contributed by atoms with Gasteiger partial charge in [-0.2, -0.15) is 0 Å². The molecule has 0 amide bonds. The van der Waals surface area contributed by atoms with E-state index in [1.165, 1.54) is 0 Å². The first kappa shape index (κ1) is 10.9. The molecule has 0 aliphatic heterocycles. The van der Waals surface area contributed by atoms with E-state index in [1.54, 1.807) is 23.0 Å². The number of primary sulfonamides is 1. The van der Waals surface area contributed by atoms with Crippen molar-refractivity contribution in [1.82, 2.24) is 4.57 Å². The van der Waals surface area contributed by atoms with Crippen LogP contribution in [-0.4, -0.2) is 13.0 Å². The normalized spacial score (nSPS) is 11.9. The average molecular weight is 307 g/mol. The number of rotatable bonds is 2. The van der Waals surface area contributed by atoms with Gasteiger partial charge in [0.05, 0.1) is 9.47 Å². The fourth-order valence-electron chi connectivity index (χ4n) is 1.22. The summed E-state index contributed by atoms with van der Waals surface area (Å²) in [5, 5.41) is 5.13. The van der Waals surface area contributed by atoms with Crippen LogP contribution in [0, 0.1) is 0 Å². The highest BCUT2D eigenvalue weighted by atomic mass is 79.9. The zero-order valence-corrected chi connectivity index (χ0v) is 10.6. The second-order valence-electron chi connectivity index (χ2n) is 2.86. The molecule has 4 nitrogen and oxygen atoms in total. The van der Waals surface area contributed by atoms with E-state index in [2.05, 4.69) is 15.9 Å². The van der Waals surface area contributed by atoms with Crippen LogP contribution in [0.4, 0.5) is 0 Å². The molecule has 0 saturated heterocycles. The maximum absolute atomic E-state index is 11.3. The maximum atomic E-state index is 11.3. The zero-order chi connectivity index (χ0) is 11.1. The summed E-state index contributed by atoms with van der Waals surface area (Å²) in [6.45, 7) is 0. The first-order chi connectivity index (χ1) is 6.98. The molecule has 0 unspecified atom stereocenters. The molecule has 0 aliphatic carbocycles. The quantitative estimate of drug-likeness (QED) is 0.921. The van der Waals surface area contributed by atoms with Gasteiger partial charge >= 0.3 is 0 Å². The third kappa shape index (κ3) is 2.15. The second kappa shape index (κ2) is 3.75. The zero-order valence-electron chi connectivity index (χ0n) is 7.42. The smallest absolute Gasteiger partial charge is 0.249 e. The lowest BCUT2D eigenvalue weighted by Crippen LogP contribution is -2.12. The number of halogens is 1. The standard InChI is InChI=1S/C8H7BrN2O2S2/c9-7-5-6(11-3-1-2-4-11)8(14-7)15(10,12)13/h1-5H,(H2,10,12,13). The Morgan fingerprint density at radius 1 is 1.33 bits per heavy atom. The third-order valence-electron chi connectivity index (χ3n) is 1.79. The highest BCUT2D eigenvalue weighted by Gasteiger charge is 2.18. The Labute approximate surface area is 99.5 Å². The molecule has 0 aromatic carbocycles. The topological polar surface area (TPSA) is 65.1 Å². The average Bonchev–Trinajstić information content (AvgIpc) is 2.68. The first-order valence-corrected chi connectivity index (χ1v) is 7.09. The van der Waals surface area contributed by atoms with Crippen LogP contribution in [0.3, 0.4) is 0 Å². The van der Waals surface area contributed by atoms with Crippen LogP contribution in [0.2, 0.25) is 0 Å². The summed E-state index contributed by atoms with van der Waals surface area (Å²) in [6.07, 6.45) is 3.53. The molecule has 0 atom stereocenters. The fraction of sp³-hybridized carbons (Fsp3) is 0. The Balaban J connectivity index is 2.68. The van der Waals surface area contributed by atoms with Gasteiger partial charge < -0.3 is 4.57 Å². The van der Waals surface area contributed by atoms with Gasteiger partial charge in [-0.25, -0.2) is 13.6 Å². The monoisotopic (exact) mass is 306 g/mol. The van der Waals surface area contributed by atoms with Crippen LogP contribution < -0.4 is 5.14 Å². The Bertz CT molecular complexity index is 572. The van der Waals surface area contributed by atoms with Crippen molar-refractivity contribution in [3.05, 3.63) is 34.4 Å². The molecule has 2 aromatic rings. The summed E-state index contributed by atoms with van der Waals surface area (Å²) in [7, 11) is -3.67. The van der Waals surface area contributed by atoms with Crippen LogP contribution in [0.15, 0.2) is 38.6 Å². The van der Waals surface area contributed by atoms with Gasteiger partial charge in [-0.15, -0.1) is 11.3 Å². The fourth-order valence-corrected chi connectivity index (χ4v) is 4.05. The Morgan fingerprint density at radius 3 is 2.47 bits per heavy atom. The van der Waals surface area contributed by atoms with E-state index in [0.29, 0.717) is 5.69 Å². The van der Waals surface area contributed by atoms with Crippen LogP contribution in [0.5, 0.6) is 0 Å². The Morgan fingerprint density at radius 2 is 1.93 bits per heavy atom. The summed E-state index contributed by atoms with van der Waals surface area (Å²) >= 11 is 4.35. The van der Waals surface area contributed by atoms with Crippen molar-refractivity contribution in [1.29, 1.82) is 0 Å². The van der Waals surface area contributed by atoms with Crippen molar-refractivity contribution in [2.45, 2.75) is 4.21 Å². The second-order valence-corrected chi connectivity index (χ2v) is 7.05. The molecule has 0 radical (unpaired) electrons. The van der Waals surface area contributed by atoms with Gasteiger partial charge in [-0.1, -0.05) is 0 Å². The molecular formula is C8H7BrN2O2S2. The molecule has 0 bridgehead atoms. The van der Waals surface area contributed by atoms with Crippen LogP contribution in [0.25, 0.3) is 5.69 Å². The molecule has 0 saturated carbocycles. The van der Waals surface area contributed by atoms with Gasteiger partial charge in [0, 0.05) is 12.4 Å². The van der Waals surface area contributed by atoms with Crippen molar-refractivity contribution in [2.75, 3.05) is 0 Å². The highest BCUT2D eigenvalue weighted by Crippen LogP contribution is 2.32. The molecule has 80 valence electrons. The lowest BCUT2D eigenvalue weighted by atomic mass is 10.5. The van der Waals surface area contributed by atoms with Crippen molar-refractivity contribution < 1.29 is 8.42 Å². The molecule has 2 N–H and O–H groups in total. The maximum Gasteiger partial charge on any atom is 0.249 e. The van der Waals surface area contributed by atoms with Crippen LogP contribution in [0.1, 0.15) is 0 Å². The largest absolute Gasteiger partial charge is 0.322 e. The molecule has 2 aromatic heterocycles. The predicted octanol–water partition coefficient (Wildman–Crippen LogP) is 1.95. The minimum atomic E-state index is -3.67. The van der Waals surface area contributed by atoms with Crippen LogP contribution >= 0.6 is 27.3 Å². The predicted molar refractivity (Wildman–Crippen MR) is 62.7 cm³/mol.